The van der Waals surface area contributed by atoms with Gasteiger partial charge in [-0.05, 0) is 30.5 Å². The molecule has 0 unspecified atom stereocenters. The molecule has 0 atom stereocenters. The number of alkyl halides is 1. The van der Waals surface area contributed by atoms with Crippen molar-refractivity contribution in [3.8, 4) is 0 Å². The van der Waals surface area contributed by atoms with Crippen molar-refractivity contribution < 1.29 is 0 Å². The fourth-order valence-corrected chi connectivity index (χ4v) is 2.19. The predicted octanol–water partition coefficient (Wildman–Crippen LogP) is 3.85. The van der Waals surface area contributed by atoms with Gasteiger partial charge in [0.15, 0.2) is 0 Å². The largest absolute Gasteiger partial charge is 0.253 e. The van der Waals surface area contributed by atoms with E-state index in [2.05, 4.69) is 23.2 Å². The molecule has 0 saturated heterocycles. The zero-order valence-electron chi connectivity index (χ0n) is 8.41. The first-order valence-corrected chi connectivity index (χ1v) is 5.86. The molecule has 76 valence electrons. The Kier molecular flexibility index (Phi) is 2.14. The smallest absolute Gasteiger partial charge is 0.0708 e. The first-order valence-electron chi connectivity index (χ1n) is 5.33. The highest BCUT2D eigenvalue weighted by Gasteiger charge is 2.25. The SMILES string of the molecule is ClCc1cc(C2CC2)nc2ccccc12. The number of halogens is 1. The number of nitrogens with zero attached hydrogens (tertiary/aromatic N) is 1. The minimum Gasteiger partial charge on any atom is -0.253 e. The van der Waals surface area contributed by atoms with Gasteiger partial charge in [0.25, 0.3) is 0 Å². The Morgan fingerprint density at radius 2 is 2.07 bits per heavy atom. The van der Waals surface area contributed by atoms with Gasteiger partial charge in [0.05, 0.1) is 5.52 Å². The summed E-state index contributed by atoms with van der Waals surface area (Å²) in [6.45, 7) is 0. The summed E-state index contributed by atoms with van der Waals surface area (Å²) in [5.74, 6) is 1.26. The molecule has 2 aromatic rings. The number of pyridine rings is 1. The fraction of sp³-hybridized carbons (Fsp3) is 0.308. The van der Waals surface area contributed by atoms with Crippen LogP contribution in [-0.4, -0.2) is 4.98 Å². The van der Waals surface area contributed by atoms with Crippen LogP contribution >= 0.6 is 11.6 Å². The highest BCUT2D eigenvalue weighted by Crippen LogP contribution is 2.40. The van der Waals surface area contributed by atoms with E-state index in [9.17, 15) is 0 Å². The molecule has 1 aliphatic rings. The summed E-state index contributed by atoms with van der Waals surface area (Å²) in [6.07, 6.45) is 2.57. The lowest BCUT2D eigenvalue weighted by atomic mass is 10.1. The molecule has 2 heteroatoms. The molecule has 0 bridgehead atoms. The van der Waals surface area contributed by atoms with Crippen LogP contribution in [-0.2, 0) is 5.88 Å². The van der Waals surface area contributed by atoms with E-state index < -0.39 is 0 Å². The molecule has 1 heterocycles. The zero-order valence-corrected chi connectivity index (χ0v) is 9.17. The van der Waals surface area contributed by atoms with Crippen molar-refractivity contribution in [1.29, 1.82) is 0 Å². The highest BCUT2D eigenvalue weighted by atomic mass is 35.5. The second-order valence-electron chi connectivity index (χ2n) is 4.13. The summed E-state index contributed by atoms with van der Waals surface area (Å²) >= 11 is 5.98. The lowest BCUT2D eigenvalue weighted by Crippen LogP contribution is -1.92. The second kappa shape index (κ2) is 3.49. The van der Waals surface area contributed by atoms with Crippen molar-refractivity contribution in [2.45, 2.75) is 24.6 Å². The van der Waals surface area contributed by atoms with Crippen molar-refractivity contribution in [3.63, 3.8) is 0 Å². The maximum absolute atomic E-state index is 5.98. The molecule has 1 fully saturated rings. The number of benzene rings is 1. The Morgan fingerprint density at radius 1 is 1.27 bits per heavy atom. The van der Waals surface area contributed by atoms with E-state index in [4.69, 9.17) is 11.6 Å². The molecule has 0 spiro atoms. The number of fused-ring (bicyclic) bond motifs is 1. The second-order valence-corrected chi connectivity index (χ2v) is 4.40. The Balaban J connectivity index is 2.25. The van der Waals surface area contributed by atoms with Crippen LogP contribution in [0.25, 0.3) is 10.9 Å². The average molecular weight is 218 g/mol. The van der Waals surface area contributed by atoms with E-state index in [1.165, 1.54) is 29.5 Å². The van der Waals surface area contributed by atoms with Gasteiger partial charge in [-0.15, -0.1) is 11.6 Å². The predicted molar refractivity (Wildman–Crippen MR) is 63.3 cm³/mol. The highest BCUT2D eigenvalue weighted by molar-refractivity contribution is 6.18. The summed E-state index contributed by atoms with van der Waals surface area (Å²) in [4.78, 5) is 4.69. The number of aromatic nitrogens is 1. The van der Waals surface area contributed by atoms with Gasteiger partial charge in [-0.25, -0.2) is 0 Å². The maximum Gasteiger partial charge on any atom is 0.0708 e. The van der Waals surface area contributed by atoms with Crippen molar-refractivity contribution in [3.05, 3.63) is 41.6 Å². The fourth-order valence-electron chi connectivity index (χ4n) is 1.97. The first-order chi connectivity index (χ1) is 7.38. The van der Waals surface area contributed by atoms with Gasteiger partial charge in [0.1, 0.15) is 0 Å². The zero-order chi connectivity index (χ0) is 10.3. The van der Waals surface area contributed by atoms with Gasteiger partial charge in [-0.3, -0.25) is 4.98 Å². The Bertz CT molecular complexity index is 503. The average Bonchev–Trinajstić information content (AvgIpc) is 3.11. The van der Waals surface area contributed by atoms with Crippen molar-refractivity contribution in [2.75, 3.05) is 0 Å². The maximum atomic E-state index is 5.98. The molecule has 1 saturated carbocycles. The minimum atomic E-state index is 0.572. The minimum absolute atomic E-state index is 0.572. The summed E-state index contributed by atoms with van der Waals surface area (Å²) in [7, 11) is 0. The van der Waals surface area contributed by atoms with Gasteiger partial charge in [0, 0.05) is 22.9 Å². The van der Waals surface area contributed by atoms with Gasteiger partial charge < -0.3 is 0 Å². The molecule has 1 aliphatic carbocycles. The lowest BCUT2D eigenvalue weighted by molar-refractivity contribution is 1.04. The number of rotatable bonds is 2. The molecule has 1 aromatic carbocycles. The standard InChI is InChI=1S/C13H12ClN/c14-8-10-7-13(9-5-6-9)15-12-4-2-1-3-11(10)12/h1-4,7,9H,5-6,8H2. The van der Waals surface area contributed by atoms with Crippen molar-refractivity contribution in [2.24, 2.45) is 0 Å². The number of hydrogen-bond acceptors (Lipinski definition) is 1. The van der Waals surface area contributed by atoms with Gasteiger partial charge >= 0.3 is 0 Å². The lowest BCUT2D eigenvalue weighted by Gasteiger charge is -2.06. The van der Waals surface area contributed by atoms with Crippen LogP contribution in [0.3, 0.4) is 0 Å². The van der Waals surface area contributed by atoms with Gasteiger partial charge in [-0.1, -0.05) is 18.2 Å². The van der Waals surface area contributed by atoms with E-state index in [0.717, 1.165) is 5.52 Å². The molecule has 1 aromatic heterocycles. The third kappa shape index (κ3) is 1.61. The number of hydrogen-bond donors (Lipinski definition) is 0. The van der Waals surface area contributed by atoms with Gasteiger partial charge in [0.2, 0.25) is 0 Å². The topological polar surface area (TPSA) is 12.9 Å². The third-order valence-electron chi connectivity index (χ3n) is 2.96. The summed E-state index contributed by atoms with van der Waals surface area (Å²) in [6, 6.07) is 10.4. The Labute approximate surface area is 94.1 Å². The van der Waals surface area contributed by atoms with E-state index in [-0.39, 0.29) is 0 Å². The normalized spacial score (nSPS) is 15.8. The summed E-state index contributed by atoms with van der Waals surface area (Å²) in [5, 5.41) is 1.19. The van der Waals surface area contributed by atoms with Crippen LogP contribution < -0.4 is 0 Å². The molecule has 15 heavy (non-hydrogen) atoms. The van der Waals surface area contributed by atoms with Crippen LogP contribution in [0.15, 0.2) is 30.3 Å². The first kappa shape index (κ1) is 9.17. The van der Waals surface area contributed by atoms with Crippen LogP contribution in [0.2, 0.25) is 0 Å². The molecule has 0 amide bonds. The van der Waals surface area contributed by atoms with Crippen molar-refractivity contribution in [1.82, 2.24) is 4.98 Å². The quantitative estimate of drug-likeness (QED) is 0.697. The molecular formula is C13H12ClN. The van der Waals surface area contributed by atoms with Crippen LogP contribution in [0, 0.1) is 0 Å². The van der Waals surface area contributed by atoms with E-state index >= 15 is 0 Å². The Morgan fingerprint density at radius 3 is 2.80 bits per heavy atom. The van der Waals surface area contributed by atoms with E-state index in [0.29, 0.717) is 11.8 Å². The third-order valence-corrected chi connectivity index (χ3v) is 3.25. The molecular weight excluding hydrogens is 206 g/mol. The van der Waals surface area contributed by atoms with Crippen LogP contribution in [0.1, 0.15) is 30.0 Å². The molecule has 0 radical (unpaired) electrons. The summed E-state index contributed by atoms with van der Waals surface area (Å²) in [5.41, 5.74) is 3.52. The Hall–Kier alpha value is -1.08. The van der Waals surface area contributed by atoms with Crippen molar-refractivity contribution >= 4 is 22.5 Å². The van der Waals surface area contributed by atoms with E-state index in [1.54, 1.807) is 0 Å². The molecule has 1 nitrogen and oxygen atoms in total. The molecule has 0 N–H and O–H groups in total. The van der Waals surface area contributed by atoms with Crippen LogP contribution in [0.4, 0.5) is 0 Å². The van der Waals surface area contributed by atoms with E-state index in [1.807, 2.05) is 12.1 Å². The molecule has 0 aliphatic heterocycles. The monoisotopic (exact) mass is 217 g/mol. The molecule has 3 rings (SSSR count). The van der Waals surface area contributed by atoms with Gasteiger partial charge in [-0.2, -0.15) is 0 Å². The van der Waals surface area contributed by atoms with Crippen LogP contribution in [0.5, 0.6) is 0 Å². The number of para-hydroxylation sites is 1. The summed E-state index contributed by atoms with van der Waals surface area (Å²) < 4.78 is 0.